The molecule has 2 aromatic rings. The molecule has 10 nitrogen and oxygen atoms in total. The predicted octanol–water partition coefficient (Wildman–Crippen LogP) is 3.02. The van der Waals surface area contributed by atoms with Gasteiger partial charge in [-0.05, 0) is 73.6 Å². The summed E-state index contributed by atoms with van der Waals surface area (Å²) in [5.41, 5.74) is 12.8. The maximum absolute atomic E-state index is 14.1. The monoisotopic (exact) mass is 606 g/mol. The summed E-state index contributed by atoms with van der Waals surface area (Å²) in [5.74, 6) is -0.143. The van der Waals surface area contributed by atoms with E-state index in [1.165, 1.54) is 12.2 Å². The molecule has 1 aliphatic carbocycles. The van der Waals surface area contributed by atoms with E-state index >= 15 is 0 Å². The number of benzene rings is 2. The Bertz CT molecular complexity index is 1350. The molecule has 3 atom stereocenters. The largest absolute Gasteiger partial charge is 0.497 e. The van der Waals surface area contributed by atoms with E-state index in [0.29, 0.717) is 31.0 Å². The van der Waals surface area contributed by atoms with Gasteiger partial charge in [-0.25, -0.2) is 0 Å². The quantitative estimate of drug-likeness (QED) is 0.229. The van der Waals surface area contributed by atoms with Crippen LogP contribution in [0.3, 0.4) is 0 Å². The number of carbonyl (C=O) groups excluding carboxylic acids is 3. The van der Waals surface area contributed by atoms with Crippen molar-refractivity contribution in [1.82, 2.24) is 10.2 Å². The zero-order chi connectivity index (χ0) is 32.3. The van der Waals surface area contributed by atoms with Crippen LogP contribution in [0.1, 0.15) is 50.7 Å². The van der Waals surface area contributed by atoms with E-state index < -0.39 is 29.4 Å². The molecule has 0 heterocycles. The Morgan fingerprint density at radius 1 is 1.00 bits per heavy atom. The molecule has 0 fully saturated rings. The van der Waals surface area contributed by atoms with Crippen molar-refractivity contribution in [3.8, 4) is 11.5 Å². The highest BCUT2D eigenvalue weighted by atomic mass is 16.5. The fourth-order valence-corrected chi connectivity index (χ4v) is 5.51. The van der Waals surface area contributed by atoms with Crippen molar-refractivity contribution in [1.29, 1.82) is 0 Å². The lowest BCUT2D eigenvalue weighted by Gasteiger charge is -2.37. The summed E-state index contributed by atoms with van der Waals surface area (Å²) in [6.45, 7) is 5.19. The van der Waals surface area contributed by atoms with E-state index in [-0.39, 0.29) is 36.4 Å². The number of ether oxygens (including phenoxy) is 2. The number of nitrogens with two attached hydrogens (primary N) is 2. The molecule has 0 spiro atoms. The van der Waals surface area contributed by atoms with Crippen molar-refractivity contribution < 1.29 is 29.0 Å². The molecule has 10 heteroatoms. The van der Waals surface area contributed by atoms with Gasteiger partial charge in [-0.3, -0.25) is 14.4 Å². The average Bonchev–Trinajstić information content (AvgIpc) is 3.03. The summed E-state index contributed by atoms with van der Waals surface area (Å²) in [6, 6.07) is 13.9. The SMILES string of the molecule is CCCN(CCC)C(=O)C1=CC(C(N)=O)=CC(C[C@@H](O)[C@@H](N)Cc2ccc(OC)cc2)(C(=O)NCc2cccc(OC)c2)C1. The molecule has 0 bridgehead atoms. The highest BCUT2D eigenvalue weighted by Crippen LogP contribution is 2.40. The van der Waals surface area contributed by atoms with Gasteiger partial charge in [0.15, 0.2) is 0 Å². The first-order valence-corrected chi connectivity index (χ1v) is 15.1. The van der Waals surface area contributed by atoms with Crippen LogP contribution in [0.2, 0.25) is 0 Å². The van der Waals surface area contributed by atoms with Gasteiger partial charge in [0.05, 0.1) is 25.7 Å². The Kier molecular flexibility index (Phi) is 12.5. The van der Waals surface area contributed by atoms with Gasteiger partial charge in [-0.2, -0.15) is 0 Å². The standard InChI is InChI=1S/C34H46N4O6/c1-5-14-38(15-6-2)32(41)26-18-25(31(36)40)19-34(20-26,33(42)37-22-24-8-7-9-28(16-24)44-4)21-30(39)29(35)17-23-10-12-27(43-3)13-11-23/h7-13,16,18-19,29-30,39H,5-6,14-15,17,20-22,35H2,1-4H3,(H2,36,40)(H,37,42)/t29-,30+,34?/m0/s1. The minimum Gasteiger partial charge on any atom is -0.497 e. The molecule has 44 heavy (non-hydrogen) atoms. The number of nitrogens with one attached hydrogen (secondary N) is 1. The van der Waals surface area contributed by atoms with E-state index in [1.54, 1.807) is 31.3 Å². The molecule has 0 saturated heterocycles. The summed E-state index contributed by atoms with van der Waals surface area (Å²) in [6.07, 6.45) is 3.50. The van der Waals surface area contributed by atoms with Crippen molar-refractivity contribution in [3.63, 3.8) is 0 Å². The predicted molar refractivity (Wildman–Crippen MR) is 170 cm³/mol. The van der Waals surface area contributed by atoms with E-state index in [2.05, 4.69) is 5.32 Å². The molecule has 0 radical (unpaired) electrons. The Hall–Kier alpha value is -4.15. The maximum Gasteiger partial charge on any atom is 0.249 e. The van der Waals surface area contributed by atoms with Gasteiger partial charge in [0.1, 0.15) is 11.5 Å². The first-order chi connectivity index (χ1) is 21.0. The topological polar surface area (TPSA) is 157 Å². The third-order valence-electron chi connectivity index (χ3n) is 7.84. The number of aliphatic hydroxyl groups is 1. The second kappa shape index (κ2) is 16.1. The number of primary amides is 1. The van der Waals surface area contributed by atoms with Crippen LogP contribution in [0.4, 0.5) is 0 Å². The molecular formula is C34H46N4O6. The van der Waals surface area contributed by atoms with Gasteiger partial charge in [-0.1, -0.05) is 44.2 Å². The van der Waals surface area contributed by atoms with Gasteiger partial charge in [0.25, 0.3) is 0 Å². The molecule has 6 N–H and O–H groups in total. The van der Waals surface area contributed by atoms with Crippen LogP contribution < -0.4 is 26.3 Å². The second-order valence-corrected chi connectivity index (χ2v) is 11.3. The zero-order valence-corrected chi connectivity index (χ0v) is 26.2. The Morgan fingerprint density at radius 2 is 1.66 bits per heavy atom. The lowest BCUT2D eigenvalue weighted by atomic mass is 9.70. The molecule has 0 aromatic heterocycles. The summed E-state index contributed by atoms with van der Waals surface area (Å²) in [5, 5.41) is 14.4. The normalized spacial score (nSPS) is 17.5. The molecule has 2 aromatic carbocycles. The average molecular weight is 607 g/mol. The van der Waals surface area contributed by atoms with E-state index in [1.807, 2.05) is 50.2 Å². The number of aliphatic hydroxyl groups excluding tert-OH is 1. The highest BCUT2D eigenvalue weighted by molar-refractivity contribution is 6.03. The van der Waals surface area contributed by atoms with Crippen molar-refractivity contribution >= 4 is 17.7 Å². The van der Waals surface area contributed by atoms with Crippen LogP contribution in [0.5, 0.6) is 11.5 Å². The second-order valence-electron chi connectivity index (χ2n) is 11.3. The van der Waals surface area contributed by atoms with E-state index in [4.69, 9.17) is 20.9 Å². The van der Waals surface area contributed by atoms with Crippen LogP contribution in [-0.2, 0) is 27.3 Å². The molecule has 0 saturated carbocycles. The van der Waals surface area contributed by atoms with Gasteiger partial charge in [0, 0.05) is 36.8 Å². The molecule has 3 rings (SSSR count). The van der Waals surface area contributed by atoms with Crippen molar-refractivity contribution in [2.45, 2.75) is 64.6 Å². The van der Waals surface area contributed by atoms with Crippen molar-refractivity contribution in [2.75, 3.05) is 27.3 Å². The maximum atomic E-state index is 14.1. The minimum absolute atomic E-state index is 0.0250. The Balaban J connectivity index is 1.96. The van der Waals surface area contributed by atoms with Gasteiger partial charge >= 0.3 is 0 Å². The third-order valence-corrected chi connectivity index (χ3v) is 7.84. The number of rotatable bonds is 16. The number of carbonyl (C=O) groups is 3. The number of nitrogens with zero attached hydrogens (tertiary/aromatic N) is 1. The van der Waals surface area contributed by atoms with Gasteiger partial charge in [-0.15, -0.1) is 0 Å². The number of hydrogen-bond acceptors (Lipinski definition) is 7. The fraction of sp³-hybridized carbons (Fsp3) is 0.441. The van der Waals surface area contributed by atoms with E-state index in [9.17, 15) is 19.5 Å². The zero-order valence-electron chi connectivity index (χ0n) is 26.2. The molecule has 238 valence electrons. The summed E-state index contributed by atoms with van der Waals surface area (Å²) in [4.78, 5) is 42.2. The van der Waals surface area contributed by atoms with Crippen molar-refractivity contribution in [3.05, 3.63) is 83.0 Å². The minimum atomic E-state index is -1.47. The molecule has 3 amide bonds. The van der Waals surface area contributed by atoms with Crippen LogP contribution in [-0.4, -0.2) is 67.2 Å². The summed E-state index contributed by atoms with van der Waals surface area (Å²) < 4.78 is 10.5. The van der Waals surface area contributed by atoms with Gasteiger partial charge in [0.2, 0.25) is 17.7 Å². The number of methoxy groups -OCH3 is 2. The molecule has 0 aliphatic heterocycles. The first kappa shape index (κ1) is 34.3. The molecule has 1 unspecified atom stereocenters. The van der Waals surface area contributed by atoms with Crippen LogP contribution in [0, 0.1) is 5.41 Å². The Morgan fingerprint density at radius 3 is 2.25 bits per heavy atom. The smallest absolute Gasteiger partial charge is 0.249 e. The lowest BCUT2D eigenvalue weighted by molar-refractivity contribution is -0.131. The third kappa shape index (κ3) is 8.93. The van der Waals surface area contributed by atoms with E-state index in [0.717, 1.165) is 24.0 Å². The molecule has 1 aliphatic rings. The summed E-state index contributed by atoms with van der Waals surface area (Å²) in [7, 11) is 3.14. The van der Waals surface area contributed by atoms with Crippen LogP contribution >= 0.6 is 0 Å². The molecular weight excluding hydrogens is 560 g/mol. The van der Waals surface area contributed by atoms with Crippen LogP contribution in [0.25, 0.3) is 0 Å². The highest BCUT2D eigenvalue weighted by Gasteiger charge is 2.44. The first-order valence-electron chi connectivity index (χ1n) is 15.1. The van der Waals surface area contributed by atoms with Crippen molar-refractivity contribution in [2.24, 2.45) is 16.9 Å². The lowest BCUT2D eigenvalue weighted by Crippen LogP contribution is -2.48. The number of hydrogen-bond donors (Lipinski definition) is 4. The van der Waals surface area contributed by atoms with Gasteiger partial charge < -0.3 is 36.3 Å². The number of amides is 3. The fourth-order valence-electron chi connectivity index (χ4n) is 5.51. The summed E-state index contributed by atoms with van der Waals surface area (Å²) >= 11 is 0. The Labute approximate surface area is 260 Å². The van der Waals surface area contributed by atoms with Crippen LogP contribution in [0.15, 0.2) is 71.8 Å².